The lowest BCUT2D eigenvalue weighted by molar-refractivity contribution is -0.136. The number of rotatable bonds is 4. The van der Waals surface area contributed by atoms with Crippen LogP contribution in [0, 0.1) is 0 Å². The standard InChI is InChI=1S/C19H15N3O4.H2O/c1-26-14-7-5-11(12-6-8-16(23)21-19(12)14)18-13(10-17(24)25)22-9-3-2-4-15(22)20-18;/h2-9H,10H2,1H3,(H,21,23)(H,24,25);1H2. The Morgan fingerprint density at radius 1 is 1.22 bits per heavy atom. The van der Waals surface area contributed by atoms with E-state index in [2.05, 4.69) is 9.97 Å². The van der Waals surface area contributed by atoms with Gasteiger partial charge in [-0.3, -0.25) is 9.59 Å². The lowest BCUT2D eigenvalue weighted by Crippen LogP contribution is -2.06. The van der Waals surface area contributed by atoms with Gasteiger partial charge in [-0.2, -0.15) is 0 Å². The Balaban J connectivity index is 0.00000210. The predicted molar refractivity (Wildman–Crippen MR) is 100 cm³/mol. The molecule has 1 aromatic carbocycles. The highest BCUT2D eigenvalue weighted by Crippen LogP contribution is 2.34. The van der Waals surface area contributed by atoms with Gasteiger partial charge in [0.25, 0.3) is 0 Å². The highest BCUT2D eigenvalue weighted by molar-refractivity contribution is 5.98. The van der Waals surface area contributed by atoms with Gasteiger partial charge in [0.1, 0.15) is 11.4 Å². The summed E-state index contributed by atoms with van der Waals surface area (Å²) in [6.07, 6.45) is 1.62. The van der Waals surface area contributed by atoms with E-state index in [9.17, 15) is 14.7 Å². The molecule has 4 rings (SSSR count). The summed E-state index contributed by atoms with van der Waals surface area (Å²) in [7, 11) is 1.53. The van der Waals surface area contributed by atoms with Gasteiger partial charge in [0.2, 0.25) is 5.56 Å². The maximum atomic E-state index is 11.7. The second-order valence-electron chi connectivity index (χ2n) is 5.83. The van der Waals surface area contributed by atoms with Crippen molar-refractivity contribution in [3.63, 3.8) is 0 Å². The Morgan fingerprint density at radius 2 is 2.04 bits per heavy atom. The van der Waals surface area contributed by atoms with Crippen LogP contribution in [-0.4, -0.2) is 38.0 Å². The molecule has 0 saturated heterocycles. The zero-order chi connectivity index (χ0) is 18.3. The highest BCUT2D eigenvalue weighted by atomic mass is 16.5. The van der Waals surface area contributed by atoms with Crippen molar-refractivity contribution < 1.29 is 20.1 Å². The Bertz CT molecular complexity index is 1210. The van der Waals surface area contributed by atoms with Crippen molar-refractivity contribution in [2.24, 2.45) is 0 Å². The van der Waals surface area contributed by atoms with Gasteiger partial charge in [-0.1, -0.05) is 6.07 Å². The molecule has 0 spiro atoms. The number of aromatic nitrogens is 3. The second-order valence-corrected chi connectivity index (χ2v) is 5.83. The molecular weight excluding hydrogens is 350 g/mol. The highest BCUT2D eigenvalue weighted by Gasteiger charge is 2.19. The summed E-state index contributed by atoms with van der Waals surface area (Å²) in [6.45, 7) is 0. The van der Waals surface area contributed by atoms with Crippen LogP contribution in [0.2, 0.25) is 0 Å². The van der Waals surface area contributed by atoms with Crippen molar-refractivity contribution >= 4 is 22.5 Å². The maximum Gasteiger partial charge on any atom is 0.309 e. The van der Waals surface area contributed by atoms with Crippen molar-refractivity contribution in [3.05, 3.63) is 64.7 Å². The third kappa shape index (κ3) is 3.02. The fourth-order valence-electron chi connectivity index (χ4n) is 3.18. The minimum atomic E-state index is -0.942. The number of aromatic amines is 1. The number of nitrogens with zero attached hydrogens (tertiary/aromatic N) is 2. The second kappa shape index (κ2) is 6.93. The molecule has 0 saturated carbocycles. The molecule has 8 heteroatoms. The van der Waals surface area contributed by atoms with Crippen LogP contribution in [0.15, 0.2) is 53.5 Å². The number of hydrogen-bond acceptors (Lipinski definition) is 4. The van der Waals surface area contributed by atoms with E-state index in [1.807, 2.05) is 24.3 Å². The molecule has 0 radical (unpaired) electrons. The van der Waals surface area contributed by atoms with Crippen molar-refractivity contribution in [3.8, 4) is 17.0 Å². The zero-order valence-electron chi connectivity index (χ0n) is 14.4. The molecule has 3 aromatic heterocycles. The predicted octanol–water partition coefficient (Wildman–Crippen LogP) is 1.65. The summed E-state index contributed by atoms with van der Waals surface area (Å²) in [5.74, 6) is -0.409. The first-order valence-corrected chi connectivity index (χ1v) is 7.96. The molecule has 138 valence electrons. The molecule has 4 N–H and O–H groups in total. The van der Waals surface area contributed by atoms with Crippen LogP contribution in [0.4, 0.5) is 0 Å². The Hall–Kier alpha value is -3.65. The number of imidazole rings is 1. The molecule has 4 aromatic rings. The summed E-state index contributed by atoms with van der Waals surface area (Å²) in [6, 6.07) is 12.2. The van der Waals surface area contributed by atoms with Crippen LogP contribution in [0.3, 0.4) is 0 Å². The SMILES string of the molecule is COc1ccc(-c2nc3ccccn3c2CC(=O)O)c2ccc(=O)[nH]c12.O. The van der Waals surface area contributed by atoms with Crippen molar-refractivity contribution in [1.29, 1.82) is 0 Å². The number of H-pyrrole nitrogens is 1. The fraction of sp³-hybridized carbons (Fsp3) is 0.105. The first-order valence-electron chi connectivity index (χ1n) is 7.96. The Kier molecular flexibility index (Phi) is 4.66. The van der Waals surface area contributed by atoms with Crippen LogP contribution in [-0.2, 0) is 11.2 Å². The number of aliphatic carboxylic acids is 1. The molecule has 0 amide bonds. The summed E-state index contributed by atoms with van der Waals surface area (Å²) in [5.41, 5.74) is 2.85. The van der Waals surface area contributed by atoms with E-state index < -0.39 is 5.97 Å². The normalized spacial score (nSPS) is 10.7. The van der Waals surface area contributed by atoms with Gasteiger partial charge in [-0.15, -0.1) is 0 Å². The number of carbonyl (C=O) groups is 1. The number of pyridine rings is 2. The summed E-state index contributed by atoms with van der Waals surface area (Å²) in [5, 5.41) is 10.1. The molecule has 27 heavy (non-hydrogen) atoms. The molecule has 0 aliphatic rings. The Morgan fingerprint density at radius 3 is 2.78 bits per heavy atom. The summed E-state index contributed by atoms with van der Waals surface area (Å²) >= 11 is 0. The number of carboxylic acid groups (broad SMARTS) is 1. The molecule has 8 nitrogen and oxygen atoms in total. The number of ether oxygens (including phenoxy) is 1. The van der Waals surface area contributed by atoms with Crippen LogP contribution >= 0.6 is 0 Å². The van der Waals surface area contributed by atoms with Gasteiger partial charge in [0.05, 0.1) is 30.4 Å². The fourth-order valence-corrected chi connectivity index (χ4v) is 3.18. The molecule has 0 bridgehead atoms. The average molecular weight is 367 g/mol. The van der Waals surface area contributed by atoms with Gasteiger partial charge in [-0.25, -0.2) is 4.98 Å². The van der Waals surface area contributed by atoms with Crippen LogP contribution in [0.5, 0.6) is 5.75 Å². The zero-order valence-corrected chi connectivity index (χ0v) is 14.4. The van der Waals surface area contributed by atoms with Gasteiger partial charge in [0.15, 0.2) is 0 Å². The average Bonchev–Trinajstić information content (AvgIpc) is 2.98. The van der Waals surface area contributed by atoms with E-state index in [-0.39, 0.29) is 17.5 Å². The molecule has 0 unspecified atom stereocenters. The number of methoxy groups -OCH3 is 1. The Labute approximate surface area is 153 Å². The van der Waals surface area contributed by atoms with Crippen LogP contribution in [0.25, 0.3) is 27.8 Å². The monoisotopic (exact) mass is 367 g/mol. The first kappa shape index (κ1) is 18.2. The first-order chi connectivity index (χ1) is 12.6. The largest absolute Gasteiger partial charge is 0.495 e. The maximum absolute atomic E-state index is 11.7. The number of hydrogen-bond donors (Lipinski definition) is 2. The van der Waals surface area contributed by atoms with E-state index >= 15 is 0 Å². The van der Waals surface area contributed by atoms with Crippen molar-refractivity contribution in [1.82, 2.24) is 14.4 Å². The smallest absolute Gasteiger partial charge is 0.309 e. The molecule has 0 atom stereocenters. The summed E-state index contributed by atoms with van der Waals surface area (Å²) in [4.78, 5) is 30.6. The number of fused-ring (bicyclic) bond motifs is 2. The molecule has 3 heterocycles. The van der Waals surface area contributed by atoms with Gasteiger partial charge < -0.3 is 24.7 Å². The summed E-state index contributed by atoms with van der Waals surface area (Å²) < 4.78 is 7.11. The van der Waals surface area contributed by atoms with Crippen LogP contribution in [0.1, 0.15) is 5.69 Å². The van der Waals surface area contributed by atoms with E-state index in [1.54, 1.807) is 22.7 Å². The lowest BCUT2D eigenvalue weighted by atomic mass is 10.0. The van der Waals surface area contributed by atoms with E-state index in [0.717, 1.165) is 10.9 Å². The molecular formula is C19H17N3O5. The van der Waals surface area contributed by atoms with Gasteiger partial charge in [0, 0.05) is 23.2 Å². The quantitative estimate of drug-likeness (QED) is 0.567. The van der Waals surface area contributed by atoms with Gasteiger partial charge >= 0.3 is 5.97 Å². The topological polar surface area (TPSA) is 128 Å². The molecule has 0 aliphatic heterocycles. The van der Waals surface area contributed by atoms with Crippen molar-refractivity contribution in [2.75, 3.05) is 7.11 Å². The van der Waals surface area contributed by atoms with Gasteiger partial charge in [-0.05, 0) is 30.3 Å². The van der Waals surface area contributed by atoms with E-state index in [0.29, 0.717) is 28.3 Å². The number of benzene rings is 1. The molecule has 0 aliphatic carbocycles. The number of nitrogens with one attached hydrogen (secondary N) is 1. The number of carboxylic acids is 1. The molecule has 0 fully saturated rings. The van der Waals surface area contributed by atoms with E-state index in [4.69, 9.17) is 4.74 Å². The minimum Gasteiger partial charge on any atom is -0.495 e. The van der Waals surface area contributed by atoms with Crippen LogP contribution < -0.4 is 10.3 Å². The third-order valence-corrected chi connectivity index (χ3v) is 4.28. The third-order valence-electron chi connectivity index (χ3n) is 4.28. The van der Waals surface area contributed by atoms with E-state index in [1.165, 1.54) is 13.2 Å². The minimum absolute atomic E-state index is 0. The van der Waals surface area contributed by atoms with Crippen molar-refractivity contribution in [2.45, 2.75) is 6.42 Å². The lowest BCUT2D eigenvalue weighted by Gasteiger charge is -2.10.